The predicted octanol–water partition coefficient (Wildman–Crippen LogP) is 3.76. The first-order valence-corrected chi connectivity index (χ1v) is 7.85. The van der Waals surface area contributed by atoms with Gasteiger partial charge in [-0.05, 0) is 51.9 Å². The first-order valence-electron chi connectivity index (χ1n) is 7.85. The molecule has 112 valence electrons. The van der Waals surface area contributed by atoms with E-state index in [1.165, 1.54) is 19.3 Å². The van der Waals surface area contributed by atoms with E-state index in [0.29, 0.717) is 6.04 Å². The monoisotopic (exact) mass is 276 g/mol. The number of hydrogen-bond donors (Lipinski definition) is 2. The minimum Gasteiger partial charge on any atom is -0.370 e. The van der Waals surface area contributed by atoms with Crippen LogP contribution in [0.4, 0.5) is 11.6 Å². The molecule has 0 radical (unpaired) electrons. The second-order valence-corrected chi connectivity index (χ2v) is 6.38. The number of nitrogens with zero attached hydrogens (tertiary/aromatic N) is 2. The van der Waals surface area contributed by atoms with Crippen molar-refractivity contribution in [3.8, 4) is 0 Å². The molecule has 2 N–H and O–H groups in total. The van der Waals surface area contributed by atoms with Crippen LogP contribution in [0.1, 0.15) is 51.4 Å². The lowest BCUT2D eigenvalue weighted by molar-refractivity contribution is 0.280. The average molecular weight is 276 g/mol. The predicted molar refractivity (Wildman–Crippen MR) is 85.3 cm³/mol. The van der Waals surface area contributed by atoms with Crippen molar-refractivity contribution in [1.82, 2.24) is 9.97 Å². The summed E-state index contributed by atoms with van der Waals surface area (Å²) in [4.78, 5) is 9.08. The van der Waals surface area contributed by atoms with Gasteiger partial charge in [-0.1, -0.05) is 13.8 Å². The maximum atomic E-state index is 4.60. The zero-order chi connectivity index (χ0) is 14.7. The van der Waals surface area contributed by atoms with Gasteiger partial charge < -0.3 is 10.6 Å². The van der Waals surface area contributed by atoms with E-state index in [-0.39, 0.29) is 0 Å². The van der Waals surface area contributed by atoms with Crippen molar-refractivity contribution in [1.29, 1.82) is 0 Å². The molecule has 1 heterocycles. The number of aryl methyl sites for hydroxylation is 1. The van der Waals surface area contributed by atoms with Crippen LogP contribution in [0.5, 0.6) is 0 Å². The van der Waals surface area contributed by atoms with E-state index in [1.54, 1.807) is 0 Å². The summed E-state index contributed by atoms with van der Waals surface area (Å²) in [5, 5.41) is 6.98. The van der Waals surface area contributed by atoms with Crippen molar-refractivity contribution < 1.29 is 0 Å². The summed E-state index contributed by atoms with van der Waals surface area (Å²) >= 11 is 0. The fourth-order valence-corrected chi connectivity index (χ4v) is 3.37. The van der Waals surface area contributed by atoms with E-state index in [0.717, 1.165) is 41.4 Å². The highest BCUT2D eigenvalue weighted by Gasteiger charge is 2.24. The summed E-state index contributed by atoms with van der Waals surface area (Å²) in [6, 6.07) is 0.538. The Hall–Kier alpha value is -1.32. The summed E-state index contributed by atoms with van der Waals surface area (Å²) in [7, 11) is 0. The van der Waals surface area contributed by atoms with E-state index in [9.17, 15) is 0 Å². The Kier molecular flexibility index (Phi) is 4.84. The SMILES string of the molecule is CCNc1nc(C)nc(NC2CC(C)CC(C)C2)c1C. The largest absolute Gasteiger partial charge is 0.370 e. The fourth-order valence-electron chi connectivity index (χ4n) is 3.37. The quantitative estimate of drug-likeness (QED) is 0.879. The van der Waals surface area contributed by atoms with Crippen LogP contribution < -0.4 is 10.6 Å². The topological polar surface area (TPSA) is 49.8 Å². The van der Waals surface area contributed by atoms with Crippen LogP contribution in [-0.2, 0) is 0 Å². The van der Waals surface area contributed by atoms with Gasteiger partial charge >= 0.3 is 0 Å². The Morgan fingerprint density at radius 2 is 1.60 bits per heavy atom. The van der Waals surface area contributed by atoms with Gasteiger partial charge in [0.2, 0.25) is 0 Å². The first-order chi connectivity index (χ1) is 9.49. The van der Waals surface area contributed by atoms with Gasteiger partial charge in [0, 0.05) is 18.2 Å². The summed E-state index contributed by atoms with van der Waals surface area (Å²) in [5.74, 6) is 4.38. The summed E-state index contributed by atoms with van der Waals surface area (Å²) in [5.41, 5.74) is 1.13. The van der Waals surface area contributed by atoms with Gasteiger partial charge in [0.15, 0.2) is 0 Å². The van der Waals surface area contributed by atoms with Crippen molar-refractivity contribution >= 4 is 11.6 Å². The van der Waals surface area contributed by atoms with Crippen LogP contribution in [0.15, 0.2) is 0 Å². The lowest BCUT2D eigenvalue weighted by atomic mass is 9.80. The molecule has 0 amide bonds. The molecule has 0 saturated heterocycles. The standard InChI is InChI=1S/C16H28N4/c1-6-17-15-12(4)16(19-13(5)18-15)20-14-8-10(2)7-11(3)9-14/h10-11,14H,6-9H2,1-5H3,(H2,17,18,19,20). The van der Waals surface area contributed by atoms with Crippen molar-refractivity contribution in [2.24, 2.45) is 11.8 Å². The van der Waals surface area contributed by atoms with E-state index >= 15 is 0 Å². The van der Waals surface area contributed by atoms with Crippen LogP contribution in [-0.4, -0.2) is 22.6 Å². The van der Waals surface area contributed by atoms with Gasteiger partial charge in [0.05, 0.1) is 0 Å². The lowest BCUT2D eigenvalue weighted by Gasteiger charge is -2.32. The average Bonchev–Trinajstić information content (AvgIpc) is 2.34. The number of hydrogen-bond acceptors (Lipinski definition) is 4. The number of nitrogens with one attached hydrogen (secondary N) is 2. The lowest BCUT2D eigenvalue weighted by Crippen LogP contribution is -2.31. The van der Waals surface area contributed by atoms with E-state index < -0.39 is 0 Å². The van der Waals surface area contributed by atoms with Crippen LogP contribution >= 0.6 is 0 Å². The Bertz CT molecular complexity index is 448. The highest BCUT2D eigenvalue weighted by molar-refractivity contribution is 5.57. The molecule has 20 heavy (non-hydrogen) atoms. The first kappa shape index (κ1) is 15.1. The van der Waals surface area contributed by atoms with Crippen molar-refractivity contribution in [3.63, 3.8) is 0 Å². The molecule has 1 fully saturated rings. The van der Waals surface area contributed by atoms with Crippen molar-refractivity contribution in [2.75, 3.05) is 17.2 Å². The van der Waals surface area contributed by atoms with Crippen molar-refractivity contribution in [2.45, 2.75) is 59.9 Å². The minimum atomic E-state index is 0.538. The van der Waals surface area contributed by atoms with Gasteiger partial charge in [-0.2, -0.15) is 0 Å². The molecule has 2 unspecified atom stereocenters. The van der Waals surface area contributed by atoms with Crippen LogP contribution in [0, 0.1) is 25.7 Å². The number of rotatable bonds is 4. The van der Waals surface area contributed by atoms with Crippen molar-refractivity contribution in [3.05, 3.63) is 11.4 Å². The molecule has 1 aliphatic carbocycles. The highest BCUT2D eigenvalue weighted by Crippen LogP contribution is 2.31. The number of anilines is 2. The Morgan fingerprint density at radius 1 is 1.00 bits per heavy atom. The summed E-state index contributed by atoms with van der Waals surface area (Å²) in [6.07, 6.45) is 3.83. The molecule has 0 bridgehead atoms. The van der Waals surface area contributed by atoms with Gasteiger partial charge in [-0.25, -0.2) is 9.97 Å². The van der Waals surface area contributed by atoms with Gasteiger partial charge in [0.1, 0.15) is 17.5 Å². The Balaban J connectivity index is 2.16. The Labute approximate surface area is 122 Å². The molecule has 1 aromatic rings. The van der Waals surface area contributed by atoms with Gasteiger partial charge in [-0.3, -0.25) is 0 Å². The molecular weight excluding hydrogens is 248 g/mol. The molecule has 4 heteroatoms. The minimum absolute atomic E-state index is 0.538. The normalized spacial score (nSPS) is 26.4. The van der Waals surface area contributed by atoms with Gasteiger partial charge in [-0.15, -0.1) is 0 Å². The molecule has 0 aromatic carbocycles. The fraction of sp³-hybridized carbons (Fsp3) is 0.750. The molecule has 0 aliphatic heterocycles. The van der Waals surface area contributed by atoms with Crippen LogP contribution in [0.2, 0.25) is 0 Å². The van der Waals surface area contributed by atoms with Crippen LogP contribution in [0.3, 0.4) is 0 Å². The zero-order valence-electron chi connectivity index (χ0n) is 13.5. The highest BCUT2D eigenvalue weighted by atomic mass is 15.1. The Morgan fingerprint density at radius 3 is 2.20 bits per heavy atom. The molecule has 4 nitrogen and oxygen atoms in total. The van der Waals surface area contributed by atoms with E-state index in [1.807, 2.05) is 6.92 Å². The second kappa shape index (κ2) is 6.42. The third kappa shape index (κ3) is 3.62. The van der Waals surface area contributed by atoms with E-state index in [2.05, 4.69) is 48.3 Å². The number of aromatic nitrogens is 2. The molecule has 2 atom stereocenters. The molecule has 1 saturated carbocycles. The van der Waals surface area contributed by atoms with Crippen LogP contribution in [0.25, 0.3) is 0 Å². The third-order valence-corrected chi connectivity index (χ3v) is 4.12. The third-order valence-electron chi connectivity index (χ3n) is 4.12. The smallest absolute Gasteiger partial charge is 0.134 e. The molecule has 1 aliphatic rings. The maximum absolute atomic E-state index is 4.60. The summed E-state index contributed by atoms with van der Waals surface area (Å²) < 4.78 is 0. The molecule has 0 spiro atoms. The molecule has 1 aromatic heterocycles. The molecule has 2 rings (SSSR count). The van der Waals surface area contributed by atoms with Gasteiger partial charge in [0.25, 0.3) is 0 Å². The maximum Gasteiger partial charge on any atom is 0.134 e. The zero-order valence-corrected chi connectivity index (χ0v) is 13.5. The molecular formula is C16H28N4. The summed E-state index contributed by atoms with van der Waals surface area (Å²) in [6.45, 7) is 11.7. The van der Waals surface area contributed by atoms with E-state index in [4.69, 9.17) is 0 Å². The second-order valence-electron chi connectivity index (χ2n) is 6.38.